The largest absolute Gasteiger partial charge is 0.491 e. The molecule has 0 saturated carbocycles. The standard InChI is InChI=1S/C45H51N7O8S2/c1-45(2,3)62(56,57)41-26-33-35(49-31-10-12-40-37(25-31)48-29-61-40)14-15-47-36(33)27-39(41)60-24-21-51-18-16-50(17-19-51)20-23-59-22-6-8-30-7-5-9-32-34(30)28-52(44(32)55)38(43(46)54)11-13-42(53)58-4/h5,7,9-10,12,14-15,25-27,29,38H,11,13,16-24,28H2,1-4H3,(H2,46,54)(H,47,49). The van der Waals surface area contributed by atoms with Crippen molar-refractivity contribution < 1.29 is 37.0 Å². The minimum Gasteiger partial charge on any atom is -0.491 e. The van der Waals surface area contributed by atoms with Crippen molar-refractivity contribution >= 4 is 71.5 Å². The van der Waals surface area contributed by atoms with Gasteiger partial charge in [-0.3, -0.25) is 29.2 Å². The lowest BCUT2D eigenvalue weighted by Gasteiger charge is -2.34. The number of nitrogens with zero attached hydrogens (tertiary/aromatic N) is 5. The maximum absolute atomic E-state index is 14.0. The van der Waals surface area contributed by atoms with Crippen LogP contribution in [0.2, 0.25) is 0 Å². The van der Waals surface area contributed by atoms with E-state index in [2.05, 4.69) is 41.7 Å². The first-order valence-electron chi connectivity index (χ1n) is 20.4. The van der Waals surface area contributed by atoms with E-state index in [0.717, 1.165) is 54.3 Å². The van der Waals surface area contributed by atoms with E-state index >= 15 is 0 Å². The Kier molecular flexibility index (Phi) is 13.7. The summed E-state index contributed by atoms with van der Waals surface area (Å²) in [5, 5.41) is 4.11. The molecule has 3 aromatic carbocycles. The fourth-order valence-electron chi connectivity index (χ4n) is 7.51. The highest BCUT2D eigenvalue weighted by atomic mass is 32.2. The molecule has 326 valence electrons. The minimum absolute atomic E-state index is 0.0353. The smallest absolute Gasteiger partial charge is 0.305 e. The van der Waals surface area contributed by atoms with E-state index in [1.54, 1.807) is 62.6 Å². The maximum atomic E-state index is 14.0. The number of nitrogens with two attached hydrogens (primary N) is 1. The van der Waals surface area contributed by atoms with Crippen LogP contribution in [-0.2, 0) is 35.4 Å². The molecular weight excluding hydrogens is 831 g/mol. The molecule has 2 amide bonds. The Morgan fingerprint density at radius 2 is 1.74 bits per heavy atom. The number of pyridine rings is 1. The summed E-state index contributed by atoms with van der Waals surface area (Å²) in [4.78, 5) is 52.2. The second-order valence-electron chi connectivity index (χ2n) is 16.1. The minimum atomic E-state index is -3.79. The van der Waals surface area contributed by atoms with Crippen LogP contribution in [0.25, 0.3) is 21.1 Å². The van der Waals surface area contributed by atoms with E-state index in [4.69, 9.17) is 15.2 Å². The van der Waals surface area contributed by atoms with Gasteiger partial charge in [0.15, 0.2) is 9.84 Å². The van der Waals surface area contributed by atoms with E-state index in [1.807, 2.05) is 35.8 Å². The van der Waals surface area contributed by atoms with Crippen LogP contribution >= 0.6 is 11.3 Å². The van der Waals surface area contributed by atoms with Gasteiger partial charge in [-0.2, -0.15) is 0 Å². The Bertz CT molecular complexity index is 2640. The molecule has 4 heterocycles. The number of hydrogen-bond donors (Lipinski definition) is 2. The number of anilines is 2. The van der Waals surface area contributed by atoms with Gasteiger partial charge in [0.1, 0.15) is 29.9 Å². The summed E-state index contributed by atoms with van der Waals surface area (Å²) in [6.45, 7) is 11.0. The van der Waals surface area contributed by atoms with Gasteiger partial charge in [0, 0.05) is 92.4 Å². The molecule has 1 fully saturated rings. The third-order valence-corrected chi connectivity index (χ3v) is 14.5. The van der Waals surface area contributed by atoms with E-state index in [9.17, 15) is 22.8 Å². The van der Waals surface area contributed by atoms with E-state index in [1.165, 1.54) is 12.0 Å². The third-order valence-electron chi connectivity index (χ3n) is 11.1. The molecule has 1 saturated heterocycles. The number of methoxy groups -OCH3 is 1. The average Bonchev–Trinajstić information content (AvgIpc) is 3.86. The number of primary amides is 1. The number of nitrogens with one attached hydrogen (secondary N) is 1. The van der Waals surface area contributed by atoms with Crippen LogP contribution < -0.4 is 15.8 Å². The van der Waals surface area contributed by atoms with E-state index in [-0.39, 0.29) is 42.5 Å². The van der Waals surface area contributed by atoms with Gasteiger partial charge in [-0.05, 0) is 75.2 Å². The molecule has 0 bridgehead atoms. The number of thiazole rings is 1. The number of carbonyl (C=O) groups is 3. The summed E-state index contributed by atoms with van der Waals surface area (Å²) < 4.78 is 44.7. The molecule has 15 nitrogen and oxygen atoms in total. The van der Waals surface area contributed by atoms with Crippen molar-refractivity contribution in [3.05, 3.63) is 83.0 Å². The third kappa shape index (κ3) is 10.0. The Morgan fingerprint density at radius 1 is 0.984 bits per heavy atom. The summed E-state index contributed by atoms with van der Waals surface area (Å²) in [6.07, 6.45) is 1.74. The molecule has 2 aliphatic rings. The molecule has 0 radical (unpaired) electrons. The number of benzene rings is 3. The first kappa shape index (κ1) is 44.4. The zero-order chi connectivity index (χ0) is 44.0. The monoisotopic (exact) mass is 881 g/mol. The van der Waals surface area contributed by atoms with Crippen molar-refractivity contribution in [1.82, 2.24) is 24.7 Å². The average molecular weight is 882 g/mol. The quantitative estimate of drug-likeness (QED) is 0.0768. The summed E-state index contributed by atoms with van der Waals surface area (Å²) in [5.74, 6) is 4.96. The fourth-order valence-corrected chi connectivity index (χ4v) is 9.48. The maximum Gasteiger partial charge on any atom is 0.305 e. The summed E-state index contributed by atoms with van der Waals surface area (Å²) in [6, 6.07) is 15.5. The lowest BCUT2D eigenvalue weighted by atomic mass is 10.0. The van der Waals surface area contributed by atoms with Crippen LogP contribution in [0.1, 0.15) is 55.1 Å². The van der Waals surface area contributed by atoms with Gasteiger partial charge in [0.25, 0.3) is 5.91 Å². The van der Waals surface area contributed by atoms with Crippen LogP contribution in [0.5, 0.6) is 5.75 Å². The number of amides is 2. The van der Waals surface area contributed by atoms with Crippen LogP contribution in [0.4, 0.5) is 11.4 Å². The van der Waals surface area contributed by atoms with Gasteiger partial charge in [0.05, 0.1) is 39.7 Å². The molecule has 7 rings (SSSR count). The van der Waals surface area contributed by atoms with Gasteiger partial charge in [-0.25, -0.2) is 13.4 Å². The number of sulfone groups is 1. The molecule has 17 heteroatoms. The topological polar surface area (TPSA) is 187 Å². The number of fused-ring (bicyclic) bond motifs is 3. The predicted molar refractivity (Wildman–Crippen MR) is 238 cm³/mol. The normalized spacial score (nSPS) is 15.3. The predicted octanol–water partition coefficient (Wildman–Crippen LogP) is 4.99. The second-order valence-corrected chi connectivity index (χ2v) is 19.7. The zero-order valence-electron chi connectivity index (χ0n) is 35.3. The Labute approximate surface area is 365 Å². The van der Waals surface area contributed by atoms with Gasteiger partial charge in [0.2, 0.25) is 5.91 Å². The number of carbonyl (C=O) groups excluding carboxylic acids is 3. The van der Waals surface area contributed by atoms with Crippen LogP contribution in [0, 0.1) is 11.8 Å². The molecule has 0 spiro atoms. The molecular formula is C45H51N7O8S2. The Hall–Kier alpha value is -5.64. The number of aromatic nitrogens is 2. The van der Waals surface area contributed by atoms with E-state index in [0.29, 0.717) is 47.4 Å². The van der Waals surface area contributed by atoms with Gasteiger partial charge in [-0.15, -0.1) is 11.3 Å². The van der Waals surface area contributed by atoms with Crippen molar-refractivity contribution in [1.29, 1.82) is 0 Å². The zero-order valence-corrected chi connectivity index (χ0v) is 36.9. The van der Waals surface area contributed by atoms with Crippen LogP contribution in [0.3, 0.4) is 0 Å². The number of hydrogen-bond acceptors (Lipinski definition) is 14. The van der Waals surface area contributed by atoms with Crippen molar-refractivity contribution in [3.8, 4) is 17.6 Å². The molecule has 1 unspecified atom stereocenters. The van der Waals surface area contributed by atoms with Gasteiger partial charge < -0.3 is 30.2 Å². The lowest BCUT2D eigenvalue weighted by Crippen LogP contribution is -2.48. The molecule has 2 aromatic heterocycles. The Morgan fingerprint density at radius 3 is 2.47 bits per heavy atom. The van der Waals surface area contributed by atoms with Crippen molar-refractivity contribution in [3.63, 3.8) is 0 Å². The Balaban J connectivity index is 0.891. The molecule has 62 heavy (non-hydrogen) atoms. The van der Waals surface area contributed by atoms with E-state index < -0.39 is 32.5 Å². The SMILES string of the molecule is COC(=O)CCC(C(N)=O)N1Cc2c(C#CCOCCN3CCN(CCOc4cc5nccc(Nc6ccc7scnc7c6)c5cc4S(=O)(=O)C(C)(C)C)CC3)cccc2C1=O. The van der Waals surface area contributed by atoms with Crippen molar-refractivity contribution in [2.45, 2.75) is 55.8 Å². The van der Waals surface area contributed by atoms with Crippen molar-refractivity contribution in [2.24, 2.45) is 5.73 Å². The summed E-state index contributed by atoms with van der Waals surface area (Å²) >= 11 is 1.57. The molecule has 0 aliphatic carbocycles. The van der Waals surface area contributed by atoms with Gasteiger partial charge in [-0.1, -0.05) is 17.9 Å². The second kappa shape index (κ2) is 19.2. The van der Waals surface area contributed by atoms with Crippen molar-refractivity contribution in [2.75, 3.05) is 71.5 Å². The molecule has 5 aromatic rings. The molecule has 3 N–H and O–H groups in total. The number of esters is 1. The highest BCUT2D eigenvalue weighted by molar-refractivity contribution is 7.92. The number of ether oxygens (including phenoxy) is 3. The molecule has 2 aliphatic heterocycles. The first-order valence-corrected chi connectivity index (χ1v) is 22.8. The number of rotatable bonds is 16. The molecule has 1 atom stereocenters. The highest BCUT2D eigenvalue weighted by Gasteiger charge is 2.37. The summed E-state index contributed by atoms with van der Waals surface area (Å²) in [5.41, 5.74) is 12.3. The first-order chi connectivity index (χ1) is 29.7. The summed E-state index contributed by atoms with van der Waals surface area (Å²) in [7, 11) is -2.52. The van der Waals surface area contributed by atoms with Crippen LogP contribution in [-0.4, -0.2) is 128 Å². The lowest BCUT2D eigenvalue weighted by molar-refractivity contribution is -0.141. The van der Waals surface area contributed by atoms with Crippen LogP contribution in [0.15, 0.2) is 71.2 Å². The fraction of sp³-hybridized carbons (Fsp3) is 0.400. The number of piperazine rings is 1. The highest BCUT2D eigenvalue weighted by Crippen LogP contribution is 2.38. The van der Waals surface area contributed by atoms with Gasteiger partial charge >= 0.3 is 5.97 Å².